The summed E-state index contributed by atoms with van der Waals surface area (Å²) in [5.74, 6) is 1.47. The molecule has 5 aromatic carbocycles. The van der Waals surface area contributed by atoms with E-state index in [0.717, 1.165) is 211 Å². The molecule has 1 fully saturated rings. The minimum absolute atomic E-state index is 0.269. The van der Waals surface area contributed by atoms with E-state index in [1.54, 1.807) is 91.0 Å². The monoisotopic (exact) mass is 1330 g/mol. The highest BCUT2D eigenvalue weighted by Gasteiger charge is 2.24. The van der Waals surface area contributed by atoms with Crippen LogP contribution in [0.4, 0.5) is 28.4 Å². The molecular weight excluding hydrogens is 1190 g/mol. The first kappa shape index (κ1) is 84.9. The summed E-state index contributed by atoms with van der Waals surface area (Å²) in [7, 11) is 28.8. The van der Waals surface area contributed by atoms with Gasteiger partial charge in [0.25, 0.3) is 0 Å². The second-order valence-corrected chi connectivity index (χ2v) is 30.5. The SMILES string of the molecule is C[N+](C)(C)CCCCCCCc1cc(O)ccc1N.C[N+](C)(C)CCCCCCc1cc(O)ccc1N.C[N+](C)(C)CCCOCCCc1cc(O)ccc1N.C[N+](C)(C)CCOCCCc1cc(O)ccc1N.C[N+]1(CCCCCCc2cc(O)ccc2N)CCOCC1. The quantitative estimate of drug-likeness (QED) is 0.00769. The molecule has 0 radical (unpaired) electrons. The molecule has 18 heteroatoms. The number of benzene rings is 5. The zero-order valence-corrected chi connectivity index (χ0v) is 61.8. The molecule has 0 amide bonds. The van der Waals surface area contributed by atoms with E-state index in [1.807, 2.05) is 0 Å². The molecule has 0 spiro atoms. The van der Waals surface area contributed by atoms with Gasteiger partial charge in [-0.1, -0.05) is 25.7 Å². The molecule has 1 heterocycles. The zero-order chi connectivity index (χ0) is 70.9. The van der Waals surface area contributed by atoms with Crippen LogP contribution in [0.5, 0.6) is 28.7 Å². The number of likely N-dealkylation sites (N-methyl/N-ethyl adjacent to an activating group) is 2. The van der Waals surface area contributed by atoms with Crippen LogP contribution in [-0.2, 0) is 46.3 Å². The molecule has 0 aromatic heterocycles. The molecule has 0 aliphatic carbocycles. The molecule has 0 saturated carbocycles. The highest BCUT2D eigenvalue weighted by molar-refractivity contribution is 5.53. The van der Waals surface area contributed by atoms with Crippen molar-refractivity contribution >= 4 is 28.4 Å². The third-order valence-corrected chi connectivity index (χ3v) is 16.9. The normalized spacial score (nSPS) is 13.1. The van der Waals surface area contributed by atoms with Gasteiger partial charge in [-0.2, -0.15) is 0 Å². The van der Waals surface area contributed by atoms with E-state index in [-0.39, 0.29) is 11.5 Å². The van der Waals surface area contributed by atoms with Crippen molar-refractivity contribution in [1.82, 2.24) is 0 Å². The Morgan fingerprint density at radius 3 is 0.895 bits per heavy atom. The van der Waals surface area contributed by atoms with E-state index in [2.05, 4.69) is 91.6 Å². The Balaban J connectivity index is 0.000000405. The van der Waals surface area contributed by atoms with Crippen molar-refractivity contribution < 1.29 is 62.2 Å². The number of phenols is 5. The Morgan fingerprint density at radius 1 is 0.326 bits per heavy atom. The number of phenolic OH excluding ortho intramolecular Hbond substituents is 5. The Labute approximate surface area is 576 Å². The number of rotatable bonds is 37. The van der Waals surface area contributed by atoms with Crippen LogP contribution in [0.1, 0.15) is 131 Å². The number of aryl methyl sites for hydroxylation is 5. The number of nitrogen functional groups attached to an aromatic ring is 5. The lowest BCUT2D eigenvalue weighted by molar-refractivity contribution is -0.917. The van der Waals surface area contributed by atoms with Gasteiger partial charge in [0, 0.05) is 48.1 Å². The van der Waals surface area contributed by atoms with E-state index in [4.69, 9.17) is 42.9 Å². The van der Waals surface area contributed by atoms with Gasteiger partial charge in [0.2, 0.25) is 0 Å². The molecule has 1 aliphatic rings. The zero-order valence-electron chi connectivity index (χ0n) is 61.8. The van der Waals surface area contributed by atoms with E-state index in [9.17, 15) is 25.5 Å². The molecule has 0 unspecified atom stereocenters. The van der Waals surface area contributed by atoms with Crippen LogP contribution in [-0.4, -0.2) is 225 Å². The van der Waals surface area contributed by atoms with Gasteiger partial charge in [-0.3, -0.25) is 0 Å². The molecule has 95 heavy (non-hydrogen) atoms. The molecule has 6 rings (SSSR count). The summed E-state index contributed by atoms with van der Waals surface area (Å²) in [5.41, 5.74) is 38.4. The van der Waals surface area contributed by atoms with Crippen molar-refractivity contribution in [3.8, 4) is 28.7 Å². The van der Waals surface area contributed by atoms with Crippen LogP contribution >= 0.6 is 0 Å². The Hall–Kier alpha value is -6.22. The van der Waals surface area contributed by atoms with Gasteiger partial charge in [0.05, 0.1) is 144 Å². The van der Waals surface area contributed by atoms with Crippen molar-refractivity contribution in [2.45, 2.75) is 135 Å². The first-order valence-electron chi connectivity index (χ1n) is 35.3. The van der Waals surface area contributed by atoms with Crippen molar-refractivity contribution in [2.24, 2.45) is 0 Å². The van der Waals surface area contributed by atoms with E-state index >= 15 is 0 Å². The van der Waals surface area contributed by atoms with Gasteiger partial charge < -0.3 is 90.8 Å². The highest BCUT2D eigenvalue weighted by Crippen LogP contribution is 2.25. The Kier molecular flexibility index (Phi) is 40.5. The van der Waals surface area contributed by atoms with Crippen molar-refractivity contribution in [2.75, 3.05) is 206 Å². The molecule has 1 saturated heterocycles. The fourth-order valence-corrected chi connectivity index (χ4v) is 10.8. The average molecular weight is 1330 g/mol. The number of anilines is 5. The topological polar surface area (TPSA) is 259 Å². The van der Waals surface area contributed by atoms with Crippen LogP contribution in [0.25, 0.3) is 0 Å². The third kappa shape index (κ3) is 44.3. The summed E-state index contributed by atoms with van der Waals surface area (Å²) in [6.45, 7) is 13.1. The Morgan fingerprint density at radius 2 is 0.579 bits per heavy atom. The van der Waals surface area contributed by atoms with Crippen LogP contribution in [0, 0.1) is 0 Å². The summed E-state index contributed by atoms with van der Waals surface area (Å²) >= 11 is 0. The standard InChI is InChI=1S/C17H28N2O2.C16H28N2O.C15H26N2O2.C15H26N2O.C14H24N2O2/c1-19(10-12-21-13-11-19)9-5-3-2-4-6-15-14-16(20)7-8-17(15)18;1-18(2,3)12-8-6-4-5-7-9-14-13-15(19)10-11-16(14)17;1-17(2,3)9-5-11-19-10-4-6-13-12-14(18)7-8-15(13)16;1-17(2,3)11-7-5-4-6-8-13-12-14(18)9-10-15(13)16;1-16(2,3)8-10-18-9-4-5-12-11-13(17)6-7-14(12)15/h7-8,14H,2-6,9-13,18H2,1H3;10-11,13H,4-9,12,17H2,1-3H3;7-8,12H,4-6,9-11,16H2,1-3H3;9-10,12H,4-8,11,16H2,1-3H3;6-7,11H,4-5,8-10,15H2,1-3H3/p+5. The van der Waals surface area contributed by atoms with Crippen LogP contribution < -0.4 is 28.7 Å². The molecule has 18 nitrogen and oxygen atoms in total. The summed E-state index contributed by atoms with van der Waals surface area (Å²) < 4.78 is 21.8. The summed E-state index contributed by atoms with van der Waals surface area (Å²) in [6, 6.07) is 25.8. The van der Waals surface area contributed by atoms with Gasteiger partial charge in [0.1, 0.15) is 48.4 Å². The lowest BCUT2D eigenvalue weighted by Crippen LogP contribution is -2.52. The first-order valence-corrected chi connectivity index (χ1v) is 35.3. The number of nitrogens with two attached hydrogens (primary N) is 5. The van der Waals surface area contributed by atoms with E-state index in [1.165, 1.54) is 88.3 Å². The lowest BCUT2D eigenvalue weighted by Gasteiger charge is -2.37. The van der Waals surface area contributed by atoms with Crippen molar-refractivity contribution in [3.05, 3.63) is 119 Å². The number of ether oxygens (including phenoxy) is 3. The minimum atomic E-state index is 0.269. The van der Waals surface area contributed by atoms with Gasteiger partial charge >= 0.3 is 0 Å². The second kappa shape index (κ2) is 45.3. The number of quaternary nitrogens is 5. The van der Waals surface area contributed by atoms with E-state index < -0.39 is 0 Å². The number of nitrogens with zero attached hydrogens (tertiary/aromatic N) is 5. The summed E-state index contributed by atoms with van der Waals surface area (Å²) in [6.07, 6.45) is 23.6. The fourth-order valence-electron chi connectivity index (χ4n) is 10.8. The number of morpholine rings is 1. The molecule has 538 valence electrons. The van der Waals surface area contributed by atoms with Gasteiger partial charge in [-0.15, -0.1) is 0 Å². The maximum Gasteiger partial charge on any atom is 0.116 e. The lowest BCUT2D eigenvalue weighted by atomic mass is 10.0. The summed E-state index contributed by atoms with van der Waals surface area (Å²) in [5, 5.41) is 47.1. The number of aromatic hydroxyl groups is 5. The fraction of sp³-hybridized carbons (Fsp3) is 0.610. The summed E-state index contributed by atoms with van der Waals surface area (Å²) in [4.78, 5) is 0. The predicted octanol–water partition coefficient (Wildman–Crippen LogP) is 12.2. The van der Waals surface area contributed by atoms with Crippen LogP contribution in [0.15, 0.2) is 91.0 Å². The molecule has 0 atom stereocenters. The maximum absolute atomic E-state index is 9.48. The van der Waals surface area contributed by atoms with Gasteiger partial charge in [-0.05, 0) is 222 Å². The van der Waals surface area contributed by atoms with E-state index in [0.29, 0.717) is 17.2 Å². The van der Waals surface area contributed by atoms with Crippen molar-refractivity contribution in [1.29, 1.82) is 0 Å². The Bertz CT molecular complexity index is 2690. The first-order chi connectivity index (χ1) is 44.6. The number of unbranched alkanes of at least 4 members (excludes halogenated alkanes) is 10. The largest absolute Gasteiger partial charge is 0.508 e. The van der Waals surface area contributed by atoms with Gasteiger partial charge in [-0.25, -0.2) is 0 Å². The third-order valence-electron chi connectivity index (χ3n) is 16.9. The number of hydrogen-bond donors (Lipinski definition) is 10. The average Bonchev–Trinajstić information content (AvgIpc) is 1.08. The molecule has 5 aromatic rings. The highest BCUT2D eigenvalue weighted by atomic mass is 16.5. The number of hydrogen-bond acceptors (Lipinski definition) is 13. The molecule has 15 N–H and O–H groups in total. The molecule has 1 aliphatic heterocycles. The molecule has 0 bridgehead atoms. The minimum Gasteiger partial charge on any atom is -0.508 e. The van der Waals surface area contributed by atoms with Crippen LogP contribution in [0.3, 0.4) is 0 Å². The van der Waals surface area contributed by atoms with Crippen molar-refractivity contribution in [3.63, 3.8) is 0 Å². The maximum atomic E-state index is 9.48. The van der Waals surface area contributed by atoms with Crippen LogP contribution in [0.2, 0.25) is 0 Å². The molecular formula is C77H137N10O8+5. The second-order valence-electron chi connectivity index (χ2n) is 30.5. The van der Waals surface area contributed by atoms with Gasteiger partial charge in [0.15, 0.2) is 0 Å². The predicted molar refractivity (Wildman–Crippen MR) is 400 cm³/mol. The smallest absolute Gasteiger partial charge is 0.116 e.